The standard InChI is InChI=1S/C16H25N7O2/c17-14(24)12-21-5-1-13(2-6-21)20-16(25)23-9-7-22(8-10-23)15-11-18-3-4-19-15/h3-4,11,13H,1-2,5-10,12H2,(H2,17,24)(H,20,25). The summed E-state index contributed by atoms with van der Waals surface area (Å²) in [5, 5.41) is 3.11. The van der Waals surface area contributed by atoms with E-state index in [1.165, 1.54) is 0 Å². The lowest BCUT2D eigenvalue weighted by molar-refractivity contribution is -0.119. The first-order chi connectivity index (χ1) is 12.1. The third kappa shape index (κ3) is 4.79. The molecule has 9 nitrogen and oxygen atoms in total. The van der Waals surface area contributed by atoms with Crippen LogP contribution < -0.4 is 16.0 Å². The maximum atomic E-state index is 12.4. The predicted octanol–water partition coefficient (Wildman–Crippen LogP) is -0.742. The van der Waals surface area contributed by atoms with Gasteiger partial charge in [0.15, 0.2) is 0 Å². The van der Waals surface area contributed by atoms with Gasteiger partial charge in [-0.1, -0.05) is 0 Å². The van der Waals surface area contributed by atoms with Crippen LogP contribution in [0.1, 0.15) is 12.8 Å². The zero-order valence-corrected chi connectivity index (χ0v) is 14.3. The molecule has 3 heterocycles. The second-order valence-corrected chi connectivity index (χ2v) is 6.50. The Labute approximate surface area is 147 Å². The zero-order chi connectivity index (χ0) is 17.6. The number of urea groups is 1. The highest BCUT2D eigenvalue weighted by molar-refractivity contribution is 5.76. The molecule has 2 aliphatic rings. The van der Waals surface area contributed by atoms with Crippen LogP contribution in [0.25, 0.3) is 0 Å². The molecule has 25 heavy (non-hydrogen) atoms. The van der Waals surface area contributed by atoms with E-state index < -0.39 is 0 Å². The number of hydrogen-bond donors (Lipinski definition) is 2. The number of likely N-dealkylation sites (tertiary alicyclic amines) is 1. The number of nitrogens with zero attached hydrogens (tertiary/aromatic N) is 5. The molecule has 0 unspecified atom stereocenters. The van der Waals surface area contributed by atoms with E-state index in [9.17, 15) is 9.59 Å². The first kappa shape index (κ1) is 17.4. The smallest absolute Gasteiger partial charge is 0.317 e. The maximum Gasteiger partial charge on any atom is 0.317 e. The highest BCUT2D eigenvalue weighted by atomic mass is 16.2. The molecule has 0 atom stereocenters. The molecule has 2 aliphatic heterocycles. The fourth-order valence-electron chi connectivity index (χ4n) is 3.31. The van der Waals surface area contributed by atoms with Crippen molar-refractivity contribution in [2.75, 3.05) is 50.7 Å². The summed E-state index contributed by atoms with van der Waals surface area (Å²) < 4.78 is 0. The topological polar surface area (TPSA) is 108 Å². The van der Waals surface area contributed by atoms with Crippen LogP contribution in [-0.4, -0.2) is 83.6 Å². The second kappa shape index (κ2) is 8.11. The molecular weight excluding hydrogens is 322 g/mol. The molecule has 0 aromatic carbocycles. The van der Waals surface area contributed by atoms with Crippen molar-refractivity contribution in [1.29, 1.82) is 0 Å². The summed E-state index contributed by atoms with van der Waals surface area (Å²) in [6.45, 7) is 4.71. The van der Waals surface area contributed by atoms with Crippen LogP contribution in [0.3, 0.4) is 0 Å². The summed E-state index contributed by atoms with van der Waals surface area (Å²) in [7, 11) is 0. The normalized spacial score (nSPS) is 19.7. The molecule has 1 aromatic heterocycles. The van der Waals surface area contributed by atoms with Gasteiger partial charge in [0.05, 0.1) is 12.7 Å². The van der Waals surface area contributed by atoms with E-state index in [-0.39, 0.29) is 18.0 Å². The van der Waals surface area contributed by atoms with Crippen molar-refractivity contribution in [1.82, 2.24) is 25.1 Å². The van der Waals surface area contributed by atoms with Crippen molar-refractivity contribution in [2.45, 2.75) is 18.9 Å². The lowest BCUT2D eigenvalue weighted by atomic mass is 10.1. The molecular formula is C16H25N7O2. The number of piperidine rings is 1. The Morgan fingerprint density at radius 1 is 1.12 bits per heavy atom. The molecule has 0 saturated carbocycles. The zero-order valence-electron chi connectivity index (χ0n) is 14.3. The van der Waals surface area contributed by atoms with Gasteiger partial charge in [-0.3, -0.25) is 14.7 Å². The Morgan fingerprint density at radius 3 is 2.44 bits per heavy atom. The number of aromatic nitrogens is 2. The van der Waals surface area contributed by atoms with Crippen LogP contribution in [0.4, 0.5) is 10.6 Å². The Morgan fingerprint density at radius 2 is 1.84 bits per heavy atom. The van der Waals surface area contributed by atoms with E-state index in [1.54, 1.807) is 18.6 Å². The van der Waals surface area contributed by atoms with Gasteiger partial charge >= 0.3 is 6.03 Å². The average molecular weight is 347 g/mol. The molecule has 0 aliphatic carbocycles. The monoisotopic (exact) mass is 347 g/mol. The highest BCUT2D eigenvalue weighted by Gasteiger charge is 2.26. The third-order valence-corrected chi connectivity index (χ3v) is 4.74. The van der Waals surface area contributed by atoms with Gasteiger partial charge in [-0.15, -0.1) is 0 Å². The van der Waals surface area contributed by atoms with E-state index in [4.69, 9.17) is 5.73 Å². The number of hydrogen-bond acceptors (Lipinski definition) is 6. The first-order valence-electron chi connectivity index (χ1n) is 8.69. The molecule has 3 rings (SSSR count). The van der Waals surface area contributed by atoms with Crippen LogP contribution in [0.2, 0.25) is 0 Å². The number of carbonyl (C=O) groups is 2. The number of anilines is 1. The van der Waals surface area contributed by atoms with Crippen LogP contribution in [0.5, 0.6) is 0 Å². The van der Waals surface area contributed by atoms with E-state index in [2.05, 4.69) is 20.2 Å². The van der Waals surface area contributed by atoms with E-state index in [1.807, 2.05) is 9.80 Å². The minimum absolute atomic E-state index is 0.00727. The molecule has 0 spiro atoms. The van der Waals surface area contributed by atoms with Gasteiger partial charge in [0.2, 0.25) is 5.91 Å². The van der Waals surface area contributed by atoms with Gasteiger partial charge in [-0.05, 0) is 12.8 Å². The van der Waals surface area contributed by atoms with Crippen LogP contribution in [0, 0.1) is 0 Å². The number of primary amides is 1. The SMILES string of the molecule is NC(=O)CN1CCC(NC(=O)N2CCN(c3cnccn3)CC2)CC1. The summed E-state index contributed by atoms with van der Waals surface area (Å²) in [6, 6.07) is 0.154. The molecule has 3 N–H and O–H groups in total. The molecule has 2 saturated heterocycles. The summed E-state index contributed by atoms with van der Waals surface area (Å²) in [5.41, 5.74) is 5.22. The minimum Gasteiger partial charge on any atom is -0.369 e. The number of nitrogens with two attached hydrogens (primary N) is 1. The number of carbonyl (C=O) groups excluding carboxylic acids is 2. The highest BCUT2D eigenvalue weighted by Crippen LogP contribution is 2.13. The lowest BCUT2D eigenvalue weighted by Gasteiger charge is -2.37. The van der Waals surface area contributed by atoms with E-state index >= 15 is 0 Å². The maximum absolute atomic E-state index is 12.4. The quantitative estimate of drug-likeness (QED) is 0.743. The Hall–Kier alpha value is -2.42. The van der Waals surface area contributed by atoms with E-state index in [0.717, 1.165) is 44.8 Å². The molecule has 0 radical (unpaired) electrons. The summed E-state index contributed by atoms with van der Waals surface area (Å²) in [5.74, 6) is 0.549. The third-order valence-electron chi connectivity index (χ3n) is 4.74. The molecule has 3 amide bonds. The largest absolute Gasteiger partial charge is 0.369 e. The van der Waals surface area contributed by atoms with Crippen molar-refractivity contribution >= 4 is 17.8 Å². The first-order valence-corrected chi connectivity index (χ1v) is 8.69. The van der Waals surface area contributed by atoms with Crippen LogP contribution in [0.15, 0.2) is 18.6 Å². The Kier molecular flexibility index (Phi) is 5.64. The minimum atomic E-state index is -0.302. The molecule has 9 heteroatoms. The molecule has 0 bridgehead atoms. The van der Waals surface area contributed by atoms with Crippen molar-refractivity contribution < 1.29 is 9.59 Å². The summed E-state index contributed by atoms with van der Waals surface area (Å²) in [4.78, 5) is 37.8. The van der Waals surface area contributed by atoms with Crippen LogP contribution >= 0.6 is 0 Å². The fraction of sp³-hybridized carbons (Fsp3) is 0.625. The number of piperazine rings is 1. The number of nitrogens with one attached hydrogen (secondary N) is 1. The van der Waals surface area contributed by atoms with Crippen molar-refractivity contribution in [3.8, 4) is 0 Å². The van der Waals surface area contributed by atoms with Gasteiger partial charge in [-0.2, -0.15) is 0 Å². The summed E-state index contributed by atoms with van der Waals surface area (Å²) in [6.07, 6.45) is 6.77. The molecule has 2 fully saturated rings. The second-order valence-electron chi connectivity index (χ2n) is 6.50. The molecule has 136 valence electrons. The van der Waals surface area contributed by atoms with Gasteiger partial charge in [-0.25, -0.2) is 9.78 Å². The van der Waals surface area contributed by atoms with Gasteiger partial charge < -0.3 is 20.9 Å². The average Bonchev–Trinajstić information content (AvgIpc) is 2.64. The van der Waals surface area contributed by atoms with Gasteiger partial charge in [0.1, 0.15) is 5.82 Å². The van der Waals surface area contributed by atoms with Crippen molar-refractivity contribution in [3.63, 3.8) is 0 Å². The van der Waals surface area contributed by atoms with Gasteiger partial charge in [0.25, 0.3) is 0 Å². The number of rotatable bonds is 4. The van der Waals surface area contributed by atoms with Crippen LogP contribution in [-0.2, 0) is 4.79 Å². The fourth-order valence-corrected chi connectivity index (χ4v) is 3.31. The predicted molar refractivity (Wildman–Crippen MR) is 93.0 cm³/mol. The lowest BCUT2D eigenvalue weighted by Crippen LogP contribution is -2.55. The van der Waals surface area contributed by atoms with Gasteiger partial charge in [0, 0.05) is 57.7 Å². The Balaban J connectivity index is 1.41. The summed E-state index contributed by atoms with van der Waals surface area (Å²) >= 11 is 0. The molecule has 1 aromatic rings. The van der Waals surface area contributed by atoms with Crippen molar-refractivity contribution in [3.05, 3.63) is 18.6 Å². The van der Waals surface area contributed by atoms with Crippen molar-refractivity contribution in [2.24, 2.45) is 5.73 Å². The Bertz CT molecular complexity index is 581. The number of amides is 3. The van der Waals surface area contributed by atoms with E-state index in [0.29, 0.717) is 19.6 Å².